The van der Waals surface area contributed by atoms with Gasteiger partial charge in [0.1, 0.15) is 5.75 Å². The number of aryl methyl sites for hydroxylation is 1. The Morgan fingerprint density at radius 2 is 1.63 bits per heavy atom. The van der Waals surface area contributed by atoms with Crippen molar-refractivity contribution in [3.63, 3.8) is 0 Å². The van der Waals surface area contributed by atoms with Gasteiger partial charge < -0.3 is 19.5 Å². The fourth-order valence-electron chi connectivity index (χ4n) is 4.71. The Bertz CT molecular complexity index is 1130. The summed E-state index contributed by atoms with van der Waals surface area (Å²) in [6.45, 7) is 4.36. The Morgan fingerprint density at radius 1 is 0.900 bits per heavy atom. The van der Waals surface area contributed by atoms with Gasteiger partial charge >= 0.3 is 0 Å². The van der Waals surface area contributed by atoms with Crippen LogP contribution in [0.5, 0.6) is 5.75 Å². The van der Waals surface area contributed by atoms with Crippen molar-refractivity contribution in [2.75, 3.05) is 38.1 Å². The lowest BCUT2D eigenvalue weighted by Gasteiger charge is -2.19. The molecule has 3 aromatic rings. The molecule has 2 unspecified atom stereocenters. The van der Waals surface area contributed by atoms with Crippen molar-refractivity contribution in [3.05, 3.63) is 59.0 Å². The molecule has 5 rings (SSSR count). The van der Waals surface area contributed by atoms with Gasteiger partial charge in [-0.05, 0) is 60.3 Å². The number of pyridine rings is 1. The largest absolute Gasteiger partial charge is 0.507 e. The molecule has 0 radical (unpaired) electrons. The van der Waals surface area contributed by atoms with Crippen molar-refractivity contribution in [2.45, 2.75) is 0 Å². The first-order valence-electron chi connectivity index (χ1n) is 10.3. The number of anilines is 1. The number of aromatic nitrogens is 3. The van der Waals surface area contributed by atoms with E-state index in [2.05, 4.69) is 27.0 Å². The molecule has 0 aliphatic carbocycles. The van der Waals surface area contributed by atoms with E-state index < -0.39 is 0 Å². The predicted octanol–water partition coefficient (Wildman–Crippen LogP) is 2.21. The number of phenols is 1. The molecule has 0 bridgehead atoms. The monoisotopic (exact) mass is 403 g/mol. The highest BCUT2D eigenvalue weighted by Crippen LogP contribution is 2.34. The maximum absolute atomic E-state index is 11.9. The van der Waals surface area contributed by atoms with Crippen molar-refractivity contribution in [3.8, 4) is 28.1 Å². The zero-order valence-corrected chi connectivity index (χ0v) is 17.2. The highest BCUT2D eigenvalue weighted by Gasteiger charge is 2.39. The zero-order valence-electron chi connectivity index (χ0n) is 17.2. The Morgan fingerprint density at radius 3 is 2.27 bits per heavy atom. The normalized spacial score (nSPS) is 21.2. The van der Waals surface area contributed by atoms with Crippen LogP contribution in [0.25, 0.3) is 22.4 Å². The highest BCUT2D eigenvalue weighted by atomic mass is 16.3. The number of fused-ring (bicyclic) bond motifs is 1. The fourth-order valence-corrected chi connectivity index (χ4v) is 4.71. The smallest absolute Gasteiger partial charge is 0.250 e. The Balaban J connectivity index is 1.36. The maximum Gasteiger partial charge on any atom is 0.250 e. The number of rotatable bonds is 3. The molecule has 30 heavy (non-hydrogen) atoms. The van der Waals surface area contributed by atoms with E-state index in [0.717, 1.165) is 43.1 Å². The molecule has 0 spiro atoms. The first kappa shape index (κ1) is 18.8. The minimum absolute atomic E-state index is 0.0878. The molecule has 7 nitrogen and oxygen atoms in total. The standard InChI is InChI=1S/C23H25N5O2/c1-26-11-17-13-28(14-18(17)12-26)22-6-5-20(24-25-22)19-4-3-15(9-21(19)29)16-7-8-27(2)23(30)10-16/h3-10,17-18,29H,11-14H2,1-2H3. The summed E-state index contributed by atoms with van der Waals surface area (Å²) in [6.07, 6.45) is 1.72. The third kappa shape index (κ3) is 3.35. The molecule has 154 valence electrons. The van der Waals surface area contributed by atoms with E-state index in [1.54, 1.807) is 25.4 Å². The van der Waals surface area contributed by atoms with Crippen molar-refractivity contribution < 1.29 is 5.11 Å². The minimum atomic E-state index is -0.0878. The predicted molar refractivity (Wildman–Crippen MR) is 116 cm³/mol. The van der Waals surface area contributed by atoms with Gasteiger partial charge in [0.2, 0.25) is 0 Å². The van der Waals surface area contributed by atoms with E-state index in [1.165, 1.54) is 4.57 Å². The van der Waals surface area contributed by atoms with Gasteiger partial charge in [-0.25, -0.2) is 0 Å². The summed E-state index contributed by atoms with van der Waals surface area (Å²) in [4.78, 5) is 16.6. The van der Waals surface area contributed by atoms with Gasteiger partial charge in [-0.2, -0.15) is 0 Å². The van der Waals surface area contributed by atoms with E-state index in [1.807, 2.05) is 30.3 Å². The molecule has 2 aromatic heterocycles. The van der Waals surface area contributed by atoms with E-state index in [4.69, 9.17) is 0 Å². The number of aromatic hydroxyl groups is 1. The van der Waals surface area contributed by atoms with Crippen LogP contribution in [0.4, 0.5) is 5.82 Å². The van der Waals surface area contributed by atoms with E-state index in [9.17, 15) is 9.90 Å². The lowest BCUT2D eigenvalue weighted by atomic mass is 10.0. The van der Waals surface area contributed by atoms with Gasteiger partial charge in [-0.1, -0.05) is 6.07 Å². The Kier molecular flexibility index (Phi) is 4.55. The van der Waals surface area contributed by atoms with Crippen LogP contribution in [0.3, 0.4) is 0 Å². The first-order chi connectivity index (χ1) is 14.5. The summed E-state index contributed by atoms with van der Waals surface area (Å²) in [5.41, 5.74) is 2.72. The molecule has 0 saturated carbocycles. The molecule has 0 amide bonds. The molecule has 1 N–H and O–H groups in total. The van der Waals surface area contributed by atoms with Crippen LogP contribution in [0.15, 0.2) is 53.5 Å². The summed E-state index contributed by atoms with van der Waals surface area (Å²) in [5, 5.41) is 19.4. The molecular formula is C23H25N5O2. The zero-order chi connectivity index (χ0) is 20.8. The molecule has 2 aliphatic heterocycles. The number of hydrogen-bond acceptors (Lipinski definition) is 6. The highest BCUT2D eigenvalue weighted by molar-refractivity contribution is 5.74. The lowest BCUT2D eigenvalue weighted by Crippen LogP contribution is -2.27. The van der Waals surface area contributed by atoms with Gasteiger partial charge in [0.15, 0.2) is 5.82 Å². The maximum atomic E-state index is 11.9. The summed E-state index contributed by atoms with van der Waals surface area (Å²) in [5.74, 6) is 2.44. The van der Waals surface area contributed by atoms with Crippen LogP contribution in [-0.2, 0) is 7.05 Å². The molecule has 1 aromatic carbocycles. The number of phenolic OH excluding ortho intramolecular Hbond substituents is 1. The van der Waals surface area contributed by atoms with Crippen LogP contribution in [-0.4, -0.2) is 58.0 Å². The number of hydrogen-bond donors (Lipinski definition) is 1. The van der Waals surface area contributed by atoms with Crippen LogP contribution < -0.4 is 10.5 Å². The average molecular weight is 403 g/mol. The topological polar surface area (TPSA) is 74.5 Å². The number of nitrogens with zero attached hydrogens (tertiary/aromatic N) is 5. The Hall–Kier alpha value is -3.19. The lowest BCUT2D eigenvalue weighted by molar-refractivity contribution is 0.387. The molecule has 2 atom stereocenters. The SMILES string of the molecule is CN1CC2CN(c3ccc(-c4ccc(-c5ccn(C)c(=O)c5)cc4O)nn3)CC2C1. The molecule has 2 fully saturated rings. The fraction of sp³-hybridized carbons (Fsp3) is 0.348. The van der Waals surface area contributed by atoms with E-state index in [-0.39, 0.29) is 11.3 Å². The quantitative estimate of drug-likeness (QED) is 0.723. The van der Waals surface area contributed by atoms with Crippen LogP contribution >= 0.6 is 0 Å². The second-order valence-corrected chi connectivity index (χ2v) is 8.52. The summed E-state index contributed by atoms with van der Waals surface area (Å²) < 4.78 is 1.51. The minimum Gasteiger partial charge on any atom is -0.507 e. The molecule has 4 heterocycles. The third-order valence-corrected chi connectivity index (χ3v) is 6.35. The third-order valence-electron chi connectivity index (χ3n) is 6.35. The van der Waals surface area contributed by atoms with Crippen molar-refractivity contribution in [2.24, 2.45) is 18.9 Å². The van der Waals surface area contributed by atoms with E-state index in [0.29, 0.717) is 23.1 Å². The van der Waals surface area contributed by atoms with Gasteiger partial charge in [-0.15, -0.1) is 10.2 Å². The molecule has 2 saturated heterocycles. The second-order valence-electron chi connectivity index (χ2n) is 8.52. The van der Waals surface area contributed by atoms with Crippen LogP contribution in [0.2, 0.25) is 0 Å². The molecule has 7 heteroatoms. The second kappa shape index (κ2) is 7.25. The van der Waals surface area contributed by atoms with Crippen molar-refractivity contribution in [1.29, 1.82) is 0 Å². The molecule has 2 aliphatic rings. The Labute approximate surface area is 175 Å². The van der Waals surface area contributed by atoms with Gasteiger partial charge in [0.25, 0.3) is 5.56 Å². The van der Waals surface area contributed by atoms with Gasteiger partial charge in [0, 0.05) is 51.1 Å². The summed E-state index contributed by atoms with van der Waals surface area (Å²) in [6, 6.07) is 12.7. The average Bonchev–Trinajstić information content (AvgIpc) is 3.28. The van der Waals surface area contributed by atoms with Crippen LogP contribution in [0, 0.1) is 11.8 Å². The molecular weight excluding hydrogens is 378 g/mol. The van der Waals surface area contributed by atoms with Crippen LogP contribution in [0.1, 0.15) is 0 Å². The summed E-state index contributed by atoms with van der Waals surface area (Å²) >= 11 is 0. The van der Waals surface area contributed by atoms with Gasteiger partial charge in [0.05, 0.1) is 5.69 Å². The number of benzene rings is 1. The number of likely N-dealkylation sites (tertiary alicyclic amines) is 1. The van der Waals surface area contributed by atoms with Gasteiger partial charge in [-0.3, -0.25) is 4.79 Å². The summed E-state index contributed by atoms with van der Waals surface area (Å²) in [7, 11) is 3.90. The van der Waals surface area contributed by atoms with Crippen molar-refractivity contribution >= 4 is 5.82 Å². The first-order valence-corrected chi connectivity index (χ1v) is 10.3. The van der Waals surface area contributed by atoms with Crippen molar-refractivity contribution in [1.82, 2.24) is 19.7 Å². The van der Waals surface area contributed by atoms with E-state index >= 15 is 0 Å².